The summed E-state index contributed by atoms with van der Waals surface area (Å²) in [5.41, 5.74) is 2.92. The van der Waals surface area contributed by atoms with Gasteiger partial charge in [-0.2, -0.15) is 0 Å². The number of nitrogens with one attached hydrogen (secondary N) is 1. The number of carbonyl (C=O) groups excluding carboxylic acids is 3. The van der Waals surface area contributed by atoms with Crippen LogP contribution in [-0.4, -0.2) is 41.9 Å². The zero-order valence-electron chi connectivity index (χ0n) is 17.6. The molecule has 7 nitrogen and oxygen atoms in total. The van der Waals surface area contributed by atoms with Crippen molar-refractivity contribution in [1.82, 2.24) is 4.90 Å². The minimum absolute atomic E-state index is 0.0889. The standard InChI is InChI=1S/C24H26N2O5/c1-16-4-9-20(21(13-16)31-15-19-3-2-12-30-19)25-24(29)18-7-5-17(6-8-18)14-26-22(27)10-11-23(26)28/h4-9,13,19H,2-3,10-12,14-15H2,1H3,(H,25,29). The molecule has 1 atom stereocenters. The summed E-state index contributed by atoms with van der Waals surface area (Å²) < 4.78 is 11.6. The average Bonchev–Trinajstić information content (AvgIpc) is 3.40. The summed E-state index contributed by atoms with van der Waals surface area (Å²) in [5.74, 6) is 0.0562. The molecule has 2 aromatic rings. The summed E-state index contributed by atoms with van der Waals surface area (Å²) in [5, 5.41) is 2.91. The second kappa shape index (κ2) is 9.31. The van der Waals surface area contributed by atoms with E-state index in [2.05, 4.69) is 5.32 Å². The third-order valence-corrected chi connectivity index (χ3v) is 5.55. The lowest BCUT2D eigenvalue weighted by molar-refractivity contribution is -0.139. The van der Waals surface area contributed by atoms with E-state index in [4.69, 9.17) is 9.47 Å². The first-order chi connectivity index (χ1) is 15.0. The molecule has 2 aliphatic rings. The first-order valence-corrected chi connectivity index (χ1v) is 10.6. The average molecular weight is 422 g/mol. The molecule has 0 saturated carbocycles. The molecule has 0 radical (unpaired) electrons. The van der Waals surface area contributed by atoms with Crippen LogP contribution in [0.4, 0.5) is 5.69 Å². The number of imide groups is 1. The lowest BCUT2D eigenvalue weighted by Gasteiger charge is -2.16. The number of anilines is 1. The Morgan fingerprint density at radius 2 is 1.87 bits per heavy atom. The number of amides is 3. The van der Waals surface area contributed by atoms with Crippen LogP contribution in [0.3, 0.4) is 0 Å². The van der Waals surface area contributed by atoms with Gasteiger partial charge in [0.2, 0.25) is 11.8 Å². The first kappa shape index (κ1) is 21.1. The van der Waals surface area contributed by atoms with Crippen molar-refractivity contribution in [3.05, 3.63) is 59.2 Å². The van der Waals surface area contributed by atoms with E-state index in [1.807, 2.05) is 25.1 Å². The van der Waals surface area contributed by atoms with Crippen LogP contribution in [0.2, 0.25) is 0 Å². The summed E-state index contributed by atoms with van der Waals surface area (Å²) in [7, 11) is 0. The second-order valence-electron chi connectivity index (χ2n) is 7.97. The van der Waals surface area contributed by atoms with E-state index in [1.165, 1.54) is 4.90 Å². The minimum atomic E-state index is -0.259. The molecule has 162 valence electrons. The molecule has 2 saturated heterocycles. The molecule has 7 heteroatoms. The molecule has 0 aromatic heterocycles. The molecule has 2 heterocycles. The Bertz CT molecular complexity index is 964. The van der Waals surface area contributed by atoms with Gasteiger partial charge in [-0.1, -0.05) is 18.2 Å². The Labute approximate surface area is 181 Å². The van der Waals surface area contributed by atoms with Crippen molar-refractivity contribution in [3.8, 4) is 5.75 Å². The summed E-state index contributed by atoms with van der Waals surface area (Å²) >= 11 is 0. The van der Waals surface area contributed by atoms with Crippen molar-refractivity contribution in [2.24, 2.45) is 0 Å². The van der Waals surface area contributed by atoms with E-state index in [1.54, 1.807) is 24.3 Å². The lowest BCUT2D eigenvalue weighted by Crippen LogP contribution is -2.28. The Morgan fingerprint density at radius 1 is 1.13 bits per heavy atom. The lowest BCUT2D eigenvalue weighted by atomic mass is 10.1. The highest BCUT2D eigenvalue weighted by Crippen LogP contribution is 2.27. The van der Waals surface area contributed by atoms with Crippen molar-refractivity contribution in [2.45, 2.75) is 45.3 Å². The van der Waals surface area contributed by atoms with Crippen molar-refractivity contribution >= 4 is 23.4 Å². The molecule has 0 aliphatic carbocycles. The van der Waals surface area contributed by atoms with E-state index in [9.17, 15) is 14.4 Å². The van der Waals surface area contributed by atoms with Gasteiger partial charge in [-0.15, -0.1) is 0 Å². The van der Waals surface area contributed by atoms with E-state index in [0.29, 0.717) is 23.6 Å². The Morgan fingerprint density at radius 3 is 2.55 bits per heavy atom. The third kappa shape index (κ3) is 5.11. The highest BCUT2D eigenvalue weighted by Gasteiger charge is 2.28. The zero-order valence-corrected chi connectivity index (χ0v) is 17.6. The van der Waals surface area contributed by atoms with Gasteiger partial charge in [-0.3, -0.25) is 19.3 Å². The Balaban J connectivity index is 1.40. The summed E-state index contributed by atoms with van der Waals surface area (Å²) in [6.07, 6.45) is 2.65. The summed E-state index contributed by atoms with van der Waals surface area (Å²) in [6, 6.07) is 12.6. The quantitative estimate of drug-likeness (QED) is 0.691. The molecule has 0 bridgehead atoms. The highest BCUT2D eigenvalue weighted by molar-refractivity contribution is 6.05. The van der Waals surface area contributed by atoms with E-state index >= 15 is 0 Å². The van der Waals surface area contributed by atoms with Gasteiger partial charge in [0.1, 0.15) is 12.4 Å². The minimum Gasteiger partial charge on any atom is -0.489 e. The van der Waals surface area contributed by atoms with Crippen LogP contribution >= 0.6 is 0 Å². The molecule has 2 fully saturated rings. The van der Waals surface area contributed by atoms with E-state index in [-0.39, 0.29) is 43.2 Å². The van der Waals surface area contributed by atoms with Crippen LogP contribution in [0.25, 0.3) is 0 Å². The fourth-order valence-corrected chi connectivity index (χ4v) is 3.75. The van der Waals surface area contributed by atoms with Crippen LogP contribution in [0, 0.1) is 6.92 Å². The first-order valence-electron chi connectivity index (χ1n) is 10.6. The number of ether oxygens (including phenoxy) is 2. The maximum atomic E-state index is 12.8. The molecule has 31 heavy (non-hydrogen) atoms. The van der Waals surface area contributed by atoms with Gasteiger partial charge >= 0.3 is 0 Å². The van der Waals surface area contributed by atoms with Crippen LogP contribution in [-0.2, 0) is 20.9 Å². The zero-order chi connectivity index (χ0) is 21.8. The highest BCUT2D eigenvalue weighted by atomic mass is 16.5. The number of carbonyl (C=O) groups is 3. The van der Waals surface area contributed by atoms with Crippen molar-refractivity contribution in [2.75, 3.05) is 18.5 Å². The maximum Gasteiger partial charge on any atom is 0.255 e. The van der Waals surface area contributed by atoms with Crippen molar-refractivity contribution in [3.63, 3.8) is 0 Å². The van der Waals surface area contributed by atoms with Crippen LogP contribution in [0.1, 0.15) is 47.2 Å². The Kier molecular flexibility index (Phi) is 6.32. The summed E-state index contributed by atoms with van der Waals surface area (Å²) in [4.78, 5) is 37.6. The van der Waals surface area contributed by atoms with E-state index in [0.717, 1.165) is 30.6 Å². The van der Waals surface area contributed by atoms with Crippen LogP contribution < -0.4 is 10.1 Å². The number of rotatable bonds is 7. The topological polar surface area (TPSA) is 84.9 Å². The molecule has 1 unspecified atom stereocenters. The van der Waals surface area contributed by atoms with Gasteiger partial charge in [-0.25, -0.2) is 0 Å². The van der Waals surface area contributed by atoms with Gasteiger partial charge < -0.3 is 14.8 Å². The normalized spacial score (nSPS) is 18.5. The molecule has 2 aliphatic heterocycles. The molecular weight excluding hydrogens is 396 g/mol. The number of hydrogen-bond donors (Lipinski definition) is 1. The molecule has 0 spiro atoms. The van der Waals surface area contributed by atoms with Crippen LogP contribution in [0.15, 0.2) is 42.5 Å². The Hall–Kier alpha value is -3.19. The van der Waals surface area contributed by atoms with Gasteiger partial charge in [0.05, 0.1) is 18.3 Å². The van der Waals surface area contributed by atoms with Gasteiger partial charge in [0.15, 0.2) is 0 Å². The van der Waals surface area contributed by atoms with Gasteiger partial charge in [0.25, 0.3) is 5.91 Å². The monoisotopic (exact) mass is 422 g/mol. The fraction of sp³-hybridized carbons (Fsp3) is 0.375. The maximum absolute atomic E-state index is 12.8. The number of benzene rings is 2. The smallest absolute Gasteiger partial charge is 0.255 e. The number of likely N-dealkylation sites (tertiary alicyclic amines) is 1. The van der Waals surface area contributed by atoms with Crippen molar-refractivity contribution < 1.29 is 23.9 Å². The summed E-state index contributed by atoms with van der Waals surface area (Å²) in [6.45, 7) is 3.42. The fourth-order valence-electron chi connectivity index (χ4n) is 3.75. The number of hydrogen-bond acceptors (Lipinski definition) is 5. The van der Waals surface area contributed by atoms with Gasteiger partial charge in [-0.05, 0) is 55.2 Å². The molecule has 2 aromatic carbocycles. The van der Waals surface area contributed by atoms with Gasteiger partial charge in [0, 0.05) is 25.0 Å². The number of nitrogens with zero attached hydrogens (tertiary/aromatic N) is 1. The SMILES string of the molecule is Cc1ccc(NC(=O)c2ccc(CN3C(=O)CCC3=O)cc2)c(OCC2CCCO2)c1. The second-order valence-corrected chi connectivity index (χ2v) is 7.97. The third-order valence-electron chi connectivity index (χ3n) is 5.55. The molecule has 1 N–H and O–H groups in total. The molecule has 3 amide bonds. The van der Waals surface area contributed by atoms with Crippen LogP contribution in [0.5, 0.6) is 5.75 Å². The molecular formula is C24H26N2O5. The predicted octanol–water partition coefficient (Wildman–Crippen LogP) is 3.45. The predicted molar refractivity (Wildman–Crippen MR) is 115 cm³/mol. The number of aryl methyl sites for hydroxylation is 1. The van der Waals surface area contributed by atoms with Crippen molar-refractivity contribution in [1.29, 1.82) is 0 Å². The van der Waals surface area contributed by atoms with E-state index < -0.39 is 0 Å². The molecule has 4 rings (SSSR count). The largest absolute Gasteiger partial charge is 0.489 e.